The van der Waals surface area contributed by atoms with Crippen LogP contribution in [0.2, 0.25) is 10.0 Å². The molecule has 1 aromatic rings. The number of ether oxygens (including phenoxy) is 1. The van der Waals surface area contributed by atoms with Crippen molar-refractivity contribution < 1.29 is 9.53 Å². The molecular formula is C14H18Cl2N2O2. The van der Waals surface area contributed by atoms with Gasteiger partial charge in [0.2, 0.25) is 5.91 Å². The summed E-state index contributed by atoms with van der Waals surface area (Å²) in [5.74, 6) is 0.00507. The van der Waals surface area contributed by atoms with Crippen LogP contribution >= 0.6 is 23.2 Å². The van der Waals surface area contributed by atoms with E-state index in [2.05, 4.69) is 10.2 Å². The van der Waals surface area contributed by atoms with E-state index < -0.39 is 0 Å². The quantitative estimate of drug-likeness (QED) is 0.928. The molecule has 0 spiro atoms. The van der Waals surface area contributed by atoms with E-state index in [0.717, 1.165) is 18.7 Å². The number of rotatable bonds is 4. The van der Waals surface area contributed by atoms with Gasteiger partial charge in [-0.25, -0.2) is 0 Å². The average Bonchev–Trinajstić information content (AvgIpc) is 2.42. The van der Waals surface area contributed by atoms with Crippen LogP contribution in [0.25, 0.3) is 0 Å². The zero-order chi connectivity index (χ0) is 14.5. The van der Waals surface area contributed by atoms with Crippen LogP contribution in [-0.4, -0.2) is 43.7 Å². The Kier molecular flexibility index (Phi) is 5.66. The van der Waals surface area contributed by atoms with Gasteiger partial charge in [0, 0.05) is 13.1 Å². The number of amides is 1. The van der Waals surface area contributed by atoms with E-state index in [4.69, 9.17) is 27.9 Å². The Labute approximate surface area is 129 Å². The number of hydrogen-bond acceptors (Lipinski definition) is 3. The SMILES string of the molecule is C[C@@H](NC(=O)CN1CCOCC1)c1ccc(Cl)c(Cl)c1. The van der Waals surface area contributed by atoms with E-state index in [1.807, 2.05) is 13.0 Å². The summed E-state index contributed by atoms with van der Waals surface area (Å²) in [5.41, 5.74) is 0.940. The molecule has 1 atom stereocenters. The first-order valence-corrected chi connectivity index (χ1v) is 7.36. The van der Waals surface area contributed by atoms with Crippen LogP contribution in [0.5, 0.6) is 0 Å². The second-order valence-corrected chi connectivity index (χ2v) is 5.67. The Morgan fingerprint density at radius 2 is 2.05 bits per heavy atom. The summed E-state index contributed by atoms with van der Waals surface area (Å²) in [5, 5.41) is 3.98. The first-order chi connectivity index (χ1) is 9.56. The number of benzene rings is 1. The molecule has 6 heteroatoms. The smallest absolute Gasteiger partial charge is 0.234 e. The summed E-state index contributed by atoms with van der Waals surface area (Å²) < 4.78 is 5.26. The van der Waals surface area contributed by atoms with Gasteiger partial charge in [0.15, 0.2) is 0 Å². The maximum absolute atomic E-state index is 12.0. The normalized spacial score (nSPS) is 17.8. The molecule has 0 radical (unpaired) electrons. The molecule has 1 amide bonds. The van der Waals surface area contributed by atoms with Crippen molar-refractivity contribution in [3.63, 3.8) is 0 Å². The zero-order valence-corrected chi connectivity index (χ0v) is 12.9. The number of nitrogens with one attached hydrogen (secondary N) is 1. The predicted molar refractivity (Wildman–Crippen MR) is 80.3 cm³/mol. The number of carbonyl (C=O) groups is 1. The van der Waals surface area contributed by atoms with Gasteiger partial charge in [-0.05, 0) is 24.6 Å². The van der Waals surface area contributed by atoms with Crippen molar-refractivity contribution in [2.24, 2.45) is 0 Å². The molecule has 1 fully saturated rings. The van der Waals surface area contributed by atoms with E-state index in [1.165, 1.54) is 0 Å². The fourth-order valence-electron chi connectivity index (χ4n) is 2.11. The molecule has 110 valence electrons. The van der Waals surface area contributed by atoms with Gasteiger partial charge < -0.3 is 10.1 Å². The number of carbonyl (C=O) groups excluding carboxylic acids is 1. The highest BCUT2D eigenvalue weighted by Gasteiger charge is 2.16. The molecule has 1 saturated heterocycles. The highest BCUT2D eigenvalue weighted by molar-refractivity contribution is 6.42. The van der Waals surface area contributed by atoms with Crippen LogP contribution in [0.15, 0.2) is 18.2 Å². The molecule has 1 aromatic carbocycles. The Morgan fingerprint density at radius 1 is 1.35 bits per heavy atom. The minimum Gasteiger partial charge on any atom is -0.379 e. The Morgan fingerprint density at radius 3 is 2.70 bits per heavy atom. The largest absolute Gasteiger partial charge is 0.379 e. The molecule has 0 unspecified atom stereocenters. The van der Waals surface area contributed by atoms with E-state index in [1.54, 1.807) is 12.1 Å². The molecule has 4 nitrogen and oxygen atoms in total. The Balaban J connectivity index is 1.87. The van der Waals surface area contributed by atoms with Gasteiger partial charge in [0.25, 0.3) is 0 Å². The third-order valence-corrected chi connectivity index (χ3v) is 4.03. The van der Waals surface area contributed by atoms with E-state index in [9.17, 15) is 4.79 Å². The van der Waals surface area contributed by atoms with Crippen molar-refractivity contribution in [2.45, 2.75) is 13.0 Å². The van der Waals surface area contributed by atoms with Crippen molar-refractivity contribution in [1.29, 1.82) is 0 Å². The van der Waals surface area contributed by atoms with Gasteiger partial charge in [-0.1, -0.05) is 29.3 Å². The lowest BCUT2D eigenvalue weighted by Gasteiger charge is -2.26. The van der Waals surface area contributed by atoms with Gasteiger partial charge in [-0.2, -0.15) is 0 Å². The highest BCUT2D eigenvalue weighted by atomic mass is 35.5. The monoisotopic (exact) mass is 316 g/mol. The van der Waals surface area contributed by atoms with Crippen molar-refractivity contribution in [1.82, 2.24) is 10.2 Å². The molecule has 1 heterocycles. The van der Waals surface area contributed by atoms with Crippen LogP contribution in [0.1, 0.15) is 18.5 Å². The van der Waals surface area contributed by atoms with Crippen molar-refractivity contribution in [3.05, 3.63) is 33.8 Å². The standard InChI is InChI=1S/C14H18Cl2N2O2/c1-10(11-2-3-12(15)13(16)8-11)17-14(19)9-18-4-6-20-7-5-18/h2-3,8,10H,4-7,9H2,1H3,(H,17,19)/t10-/m1/s1. The molecule has 1 aliphatic heterocycles. The molecule has 20 heavy (non-hydrogen) atoms. The van der Waals surface area contributed by atoms with Crippen LogP contribution in [0.4, 0.5) is 0 Å². The molecule has 0 bridgehead atoms. The van der Waals surface area contributed by atoms with Crippen molar-refractivity contribution >= 4 is 29.1 Å². The fourth-order valence-corrected chi connectivity index (χ4v) is 2.42. The van der Waals surface area contributed by atoms with Gasteiger partial charge in [-0.3, -0.25) is 9.69 Å². The molecular weight excluding hydrogens is 299 g/mol. The summed E-state index contributed by atoms with van der Waals surface area (Å²) in [6, 6.07) is 5.29. The third-order valence-electron chi connectivity index (χ3n) is 3.29. The fraction of sp³-hybridized carbons (Fsp3) is 0.500. The lowest BCUT2D eigenvalue weighted by Crippen LogP contribution is -2.43. The minimum atomic E-state index is -0.0988. The summed E-state index contributed by atoms with van der Waals surface area (Å²) in [6.45, 7) is 5.31. The molecule has 1 N–H and O–H groups in total. The topological polar surface area (TPSA) is 41.6 Å². The summed E-state index contributed by atoms with van der Waals surface area (Å²) in [4.78, 5) is 14.1. The van der Waals surface area contributed by atoms with Gasteiger partial charge >= 0.3 is 0 Å². The van der Waals surface area contributed by atoms with Crippen LogP contribution in [-0.2, 0) is 9.53 Å². The second kappa shape index (κ2) is 7.27. The lowest BCUT2D eigenvalue weighted by molar-refractivity contribution is -0.123. The zero-order valence-electron chi connectivity index (χ0n) is 11.4. The van der Waals surface area contributed by atoms with E-state index >= 15 is 0 Å². The number of halogens is 2. The van der Waals surface area contributed by atoms with Crippen LogP contribution in [0, 0.1) is 0 Å². The number of nitrogens with zero attached hydrogens (tertiary/aromatic N) is 1. The summed E-state index contributed by atoms with van der Waals surface area (Å²) in [7, 11) is 0. The Bertz CT molecular complexity index is 476. The van der Waals surface area contributed by atoms with E-state index in [0.29, 0.717) is 29.8 Å². The summed E-state index contributed by atoms with van der Waals surface area (Å²) in [6.07, 6.45) is 0. The van der Waals surface area contributed by atoms with Crippen molar-refractivity contribution in [2.75, 3.05) is 32.8 Å². The maximum Gasteiger partial charge on any atom is 0.234 e. The lowest BCUT2D eigenvalue weighted by atomic mass is 10.1. The average molecular weight is 317 g/mol. The molecule has 0 saturated carbocycles. The number of hydrogen-bond donors (Lipinski definition) is 1. The summed E-state index contributed by atoms with van der Waals surface area (Å²) >= 11 is 11.9. The maximum atomic E-state index is 12.0. The first-order valence-electron chi connectivity index (χ1n) is 6.60. The Hall–Kier alpha value is -0.810. The highest BCUT2D eigenvalue weighted by Crippen LogP contribution is 2.25. The van der Waals surface area contributed by atoms with Crippen molar-refractivity contribution in [3.8, 4) is 0 Å². The molecule has 2 rings (SSSR count). The minimum absolute atomic E-state index is 0.00507. The predicted octanol–water partition coefficient (Wildman–Crippen LogP) is 2.50. The van der Waals surface area contributed by atoms with Gasteiger partial charge in [0.05, 0.1) is 35.8 Å². The first kappa shape index (κ1) is 15.6. The van der Waals surface area contributed by atoms with Gasteiger partial charge in [-0.15, -0.1) is 0 Å². The second-order valence-electron chi connectivity index (χ2n) is 4.85. The third kappa shape index (κ3) is 4.35. The van der Waals surface area contributed by atoms with Gasteiger partial charge in [0.1, 0.15) is 0 Å². The van der Waals surface area contributed by atoms with Crippen LogP contribution in [0.3, 0.4) is 0 Å². The molecule has 0 aliphatic carbocycles. The van der Waals surface area contributed by atoms with Crippen LogP contribution < -0.4 is 5.32 Å². The number of morpholine rings is 1. The van der Waals surface area contributed by atoms with E-state index in [-0.39, 0.29) is 11.9 Å². The molecule has 0 aromatic heterocycles. The molecule has 1 aliphatic rings.